The van der Waals surface area contributed by atoms with Crippen LogP contribution in [-0.4, -0.2) is 22.7 Å². The van der Waals surface area contributed by atoms with Gasteiger partial charge in [-0.2, -0.15) is 5.10 Å². The van der Waals surface area contributed by atoms with Crippen LogP contribution in [0.25, 0.3) is 0 Å². The number of benzene rings is 2. The second-order valence-electron chi connectivity index (χ2n) is 6.50. The van der Waals surface area contributed by atoms with Gasteiger partial charge in [0.2, 0.25) is 0 Å². The van der Waals surface area contributed by atoms with Gasteiger partial charge in [-0.05, 0) is 43.0 Å². The number of ether oxygens (including phenoxy) is 1. The van der Waals surface area contributed by atoms with Crippen molar-refractivity contribution in [1.82, 2.24) is 0 Å². The van der Waals surface area contributed by atoms with Gasteiger partial charge in [0.1, 0.15) is 11.4 Å². The number of nitrogens with zero attached hydrogens (tertiary/aromatic N) is 3. The van der Waals surface area contributed by atoms with Gasteiger partial charge in [-0.3, -0.25) is 25.7 Å². The van der Waals surface area contributed by atoms with E-state index in [9.17, 15) is 20.2 Å². The van der Waals surface area contributed by atoms with Gasteiger partial charge in [0.25, 0.3) is 5.69 Å². The first-order valence-corrected chi connectivity index (χ1v) is 8.89. The Balaban J connectivity index is 1.86. The number of non-ortho nitro benzene ring substituents is 1. The molecule has 146 valence electrons. The summed E-state index contributed by atoms with van der Waals surface area (Å²) in [7, 11) is 1.61. The molecule has 9 nitrogen and oxygen atoms in total. The summed E-state index contributed by atoms with van der Waals surface area (Å²) >= 11 is 0. The van der Waals surface area contributed by atoms with E-state index in [0.29, 0.717) is 0 Å². The maximum Gasteiger partial charge on any atom is 0.301 e. The first kappa shape index (κ1) is 19.3. The van der Waals surface area contributed by atoms with Crippen molar-refractivity contribution in [2.45, 2.75) is 31.6 Å². The van der Waals surface area contributed by atoms with Crippen LogP contribution in [0.5, 0.6) is 5.75 Å². The lowest BCUT2D eigenvalue weighted by Crippen LogP contribution is -2.19. The molecule has 2 aromatic rings. The van der Waals surface area contributed by atoms with Crippen LogP contribution in [0.1, 0.15) is 37.2 Å². The van der Waals surface area contributed by atoms with E-state index in [0.717, 1.165) is 48.8 Å². The number of hydrazone groups is 1. The predicted molar refractivity (Wildman–Crippen MR) is 105 cm³/mol. The molecule has 0 spiro atoms. The lowest BCUT2D eigenvalue weighted by Gasteiger charge is -2.24. The second-order valence-corrected chi connectivity index (χ2v) is 6.50. The highest BCUT2D eigenvalue weighted by Crippen LogP contribution is 2.33. The maximum absolute atomic E-state index is 11.3. The highest BCUT2D eigenvalue weighted by molar-refractivity contribution is 5.92. The van der Waals surface area contributed by atoms with E-state index in [1.807, 2.05) is 24.3 Å². The zero-order chi connectivity index (χ0) is 20.1. The summed E-state index contributed by atoms with van der Waals surface area (Å²) in [5.41, 5.74) is 4.18. The lowest BCUT2D eigenvalue weighted by molar-refractivity contribution is -0.393. The predicted octanol–water partition coefficient (Wildman–Crippen LogP) is 4.64. The van der Waals surface area contributed by atoms with Crippen LogP contribution in [0.3, 0.4) is 0 Å². The highest BCUT2D eigenvalue weighted by atomic mass is 16.6. The van der Waals surface area contributed by atoms with E-state index < -0.39 is 9.85 Å². The Morgan fingerprint density at radius 3 is 2.46 bits per heavy atom. The molecule has 1 aliphatic rings. The Labute approximate surface area is 161 Å². The summed E-state index contributed by atoms with van der Waals surface area (Å²) in [5.74, 6) is 0.891. The summed E-state index contributed by atoms with van der Waals surface area (Å²) in [6, 6.07) is 11.3. The molecular weight excluding hydrogens is 364 g/mol. The van der Waals surface area contributed by atoms with Gasteiger partial charge in [-0.15, -0.1) is 0 Å². The van der Waals surface area contributed by atoms with Crippen molar-refractivity contribution in [1.29, 1.82) is 0 Å². The third-order valence-corrected chi connectivity index (χ3v) is 4.80. The van der Waals surface area contributed by atoms with Crippen molar-refractivity contribution in [2.75, 3.05) is 12.5 Å². The van der Waals surface area contributed by atoms with Crippen molar-refractivity contribution in [2.24, 2.45) is 5.10 Å². The summed E-state index contributed by atoms with van der Waals surface area (Å²) in [6.45, 7) is 0. The molecule has 9 heteroatoms. The molecule has 0 saturated heterocycles. The average Bonchev–Trinajstić information content (AvgIpc) is 2.72. The Hall–Kier alpha value is -3.49. The Bertz CT molecular complexity index is 911. The number of nitro groups is 2. The van der Waals surface area contributed by atoms with Crippen LogP contribution in [0.15, 0.2) is 47.6 Å². The van der Waals surface area contributed by atoms with Gasteiger partial charge in [0.05, 0.1) is 23.0 Å². The zero-order valence-electron chi connectivity index (χ0n) is 15.3. The minimum atomic E-state index is -0.663. The third kappa shape index (κ3) is 4.25. The zero-order valence-corrected chi connectivity index (χ0v) is 15.3. The van der Waals surface area contributed by atoms with Gasteiger partial charge in [0, 0.05) is 17.7 Å². The summed E-state index contributed by atoms with van der Waals surface area (Å²) < 4.78 is 5.20. The minimum Gasteiger partial charge on any atom is -0.497 e. The number of nitrogens with one attached hydrogen (secondary N) is 1. The Kier molecular flexibility index (Phi) is 5.83. The van der Waals surface area contributed by atoms with Gasteiger partial charge < -0.3 is 4.74 Å². The normalized spacial score (nSPS) is 17.9. The first-order chi connectivity index (χ1) is 13.5. The SMILES string of the molecule is COc1ccc([C@H]2CCCC/C2=N/Nc2ccc([N+](=O)[O-])cc2[N+](=O)[O-])cc1. The second kappa shape index (κ2) is 8.47. The van der Waals surface area contributed by atoms with E-state index in [4.69, 9.17) is 4.74 Å². The van der Waals surface area contributed by atoms with E-state index in [1.165, 1.54) is 12.1 Å². The largest absolute Gasteiger partial charge is 0.497 e. The van der Waals surface area contributed by atoms with Gasteiger partial charge in [0.15, 0.2) is 0 Å². The van der Waals surface area contributed by atoms with E-state index in [-0.39, 0.29) is 23.0 Å². The van der Waals surface area contributed by atoms with E-state index in [2.05, 4.69) is 10.5 Å². The molecule has 28 heavy (non-hydrogen) atoms. The molecule has 0 unspecified atom stereocenters. The monoisotopic (exact) mass is 384 g/mol. The van der Waals surface area contributed by atoms with Crippen molar-refractivity contribution < 1.29 is 14.6 Å². The van der Waals surface area contributed by atoms with E-state index in [1.54, 1.807) is 7.11 Å². The highest BCUT2D eigenvalue weighted by Gasteiger charge is 2.24. The van der Waals surface area contributed by atoms with Crippen LogP contribution in [-0.2, 0) is 0 Å². The fourth-order valence-electron chi connectivity index (χ4n) is 3.34. The van der Waals surface area contributed by atoms with Crippen molar-refractivity contribution >= 4 is 22.8 Å². The smallest absolute Gasteiger partial charge is 0.301 e. The van der Waals surface area contributed by atoms with Gasteiger partial charge in [-0.1, -0.05) is 18.6 Å². The standard InChI is InChI=1S/C19H20N4O5/c1-28-15-9-6-13(7-10-15)16-4-2-3-5-17(16)20-21-18-11-8-14(22(24)25)12-19(18)23(26)27/h6-12,16,21H,2-5H2,1H3/b20-17-/t16-/m1/s1. The van der Waals surface area contributed by atoms with Crippen LogP contribution >= 0.6 is 0 Å². The van der Waals surface area contributed by atoms with Gasteiger partial charge in [-0.25, -0.2) is 0 Å². The van der Waals surface area contributed by atoms with Gasteiger partial charge >= 0.3 is 5.69 Å². The number of anilines is 1. The molecule has 0 aliphatic heterocycles. The fourth-order valence-corrected chi connectivity index (χ4v) is 3.34. The summed E-state index contributed by atoms with van der Waals surface area (Å²) in [6.07, 6.45) is 3.79. The fraction of sp³-hybridized carbons (Fsp3) is 0.316. The van der Waals surface area contributed by atoms with E-state index >= 15 is 0 Å². The Morgan fingerprint density at radius 2 is 1.82 bits per heavy atom. The van der Waals surface area contributed by atoms with Crippen molar-refractivity contribution in [3.8, 4) is 5.75 Å². The number of rotatable bonds is 6. The quantitative estimate of drug-likeness (QED) is 0.572. The number of hydrogen-bond donors (Lipinski definition) is 1. The van der Waals surface area contributed by atoms with Crippen LogP contribution < -0.4 is 10.2 Å². The van der Waals surface area contributed by atoms with Crippen molar-refractivity contribution in [3.05, 3.63) is 68.3 Å². The first-order valence-electron chi connectivity index (χ1n) is 8.89. The molecule has 3 rings (SSSR count). The van der Waals surface area contributed by atoms with Crippen LogP contribution in [0, 0.1) is 20.2 Å². The lowest BCUT2D eigenvalue weighted by atomic mass is 9.82. The minimum absolute atomic E-state index is 0.115. The molecule has 1 atom stereocenters. The molecule has 0 amide bonds. The summed E-state index contributed by atoms with van der Waals surface area (Å²) in [5, 5.41) is 26.6. The molecule has 0 heterocycles. The summed E-state index contributed by atoms with van der Waals surface area (Å²) in [4.78, 5) is 20.8. The number of hydrogen-bond acceptors (Lipinski definition) is 7. The topological polar surface area (TPSA) is 120 Å². The molecule has 0 bridgehead atoms. The number of methoxy groups -OCH3 is 1. The molecule has 1 saturated carbocycles. The molecule has 0 radical (unpaired) electrons. The molecular formula is C19H20N4O5. The van der Waals surface area contributed by atoms with Crippen LogP contribution in [0.4, 0.5) is 17.1 Å². The molecule has 0 aromatic heterocycles. The third-order valence-electron chi connectivity index (χ3n) is 4.80. The molecule has 1 fully saturated rings. The molecule has 1 aliphatic carbocycles. The average molecular weight is 384 g/mol. The molecule has 2 aromatic carbocycles. The van der Waals surface area contributed by atoms with Crippen LogP contribution in [0.2, 0.25) is 0 Å². The van der Waals surface area contributed by atoms with Crippen molar-refractivity contribution in [3.63, 3.8) is 0 Å². The molecule has 1 N–H and O–H groups in total. The Morgan fingerprint density at radius 1 is 1.07 bits per heavy atom. The number of nitro benzene ring substituents is 2. The maximum atomic E-state index is 11.3.